The maximum absolute atomic E-state index is 11.2. The molecule has 0 amide bonds. The summed E-state index contributed by atoms with van der Waals surface area (Å²) in [4.78, 5) is 17.1. The van der Waals surface area contributed by atoms with E-state index in [0.717, 1.165) is 6.42 Å². The molecule has 6 nitrogen and oxygen atoms in total. The Bertz CT molecular complexity index is 398. The van der Waals surface area contributed by atoms with Crippen LogP contribution in [0, 0.1) is 0 Å². The first kappa shape index (κ1) is 15.4. The van der Waals surface area contributed by atoms with Gasteiger partial charge in [-0.15, -0.1) is 0 Å². The molecule has 1 aromatic heterocycles. The normalized spacial score (nSPS) is 10.4. The molecule has 19 heavy (non-hydrogen) atoms. The number of rotatable bonds is 9. The van der Waals surface area contributed by atoms with Crippen molar-refractivity contribution < 1.29 is 19.4 Å². The number of methoxy groups -OCH3 is 2. The second-order valence-corrected chi connectivity index (χ2v) is 4.00. The van der Waals surface area contributed by atoms with Crippen LogP contribution < -0.4 is 4.90 Å². The second kappa shape index (κ2) is 8.44. The van der Waals surface area contributed by atoms with E-state index < -0.39 is 5.97 Å². The van der Waals surface area contributed by atoms with Crippen LogP contribution in [-0.2, 0) is 9.47 Å². The number of hydrogen-bond acceptors (Lipinski definition) is 5. The van der Waals surface area contributed by atoms with E-state index in [-0.39, 0.29) is 5.69 Å². The van der Waals surface area contributed by atoms with Gasteiger partial charge in [0.1, 0.15) is 0 Å². The zero-order chi connectivity index (χ0) is 14.1. The van der Waals surface area contributed by atoms with Gasteiger partial charge in [-0.2, -0.15) is 0 Å². The summed E-state index contributed by atoms with van der Waals surface area (Å²) in [7, 11) is 3.26. The number of aromatic carboxylic acids is 1. The Balaban J connectivity index is 2.85. The third-order valence-corrected chi connectivity index (χ3v) is 2.67. The van der Waals surface area contributed by atoms with Gasteiger partial charge in [0, 0.05) is 40.1 Å². The molecule has 106 valence electrons. The molecule has 0 radical (unpaired) electrons. The SMILES string of the molecule is COCCCN(CCOC)c1cccnc1C(=O)O. The third-order valence-electron chi connectivity index (χ3n) is 2.67. The maximum atomic E-state index is 11.2. The predicted molar refractivity (Wildman–Crippen MR) is 71.8 cm³/mol. The quantitative estimate of drug-likeness (QED) is 0.680. The molecule has 1 aromatic rings. The fourth-order valence-electron chi connectivity index (χ4n) is 1.77. The lowest BCUT2D eigenvalue weighted by molar-refractivity contribution is 0.0691. The van der Waals surface area contributed by atoms with E-state index in [1.165, 1.54) is 6.20 Å². The van der Waals surface area contributed by atoms with Gasteiger partial charge in [-0.05, 0) is 18.6 Å². The van der Waals surface area contributed by atoms with E-state index in [4.69, 9.17) is 14.6 Å². The molecule has 6 heteroatoms. The summed E-state index contributed by atoms with van der Waals surface area (Å²) in [5.41, 5.74) is 0.680. The molecule has 1 N–H and O–H groups in total. The largest absolute Gasteiger partial charge is 0.476 e. The molecule has 0 saturated heterocycles. The number of pyridine rings is 1. The minimum absolute atomic E-state index is 0.0658. The van der Waals surface area contributed by atoms with E-state index in [0.29, 0.717) is 32.0 Å². The van der Waals surface area contributed by atoms with Gasteiger partial charge in [-0.25, -0.2) is 9.78 Å². The Labute approximate surface area is 113 Å². The fraction of sp³-hybridized carbons (Fsp3) is 0.538. The molecule has 0 fully saturated rings. The third kappa shape index (κ3) is 4.84. The van der Waals surface area contributed by atoms with Gasteiger partial charge in [0.05, 0.1) is 12.3 Å². The van der Waals surface area contributed by atoms with Crippen LogP contribution in [-0.4, -0.2) is 56.6 Å². The number of carboxylic acid groups (broad SMARTS) is 1. The molecule has 0 aliphatic heterocycles. The van der Waals surface area contributed by atoms with Crippen molar-refractivity contribution in [1.29, 1.82) is 0 Å². The van der Waals surface area contributed by atoms with Crippen molar-refractivity contribution in [3.8, 4) is 0 Å². The van der Waals surface area contributed by atoms with Crippen LogP contribution in [0.5, 0.6) is 0 Å². The van der Waals surface area contributed by atoms with E-state index >= 15 is 0 Å². The first-order chi connectivity index (χ1) is 9.20. The van der Waals surface area contributed by atoms with Crippen molar-refractivity contribution in [2.75, 3.05) is 45.4 Å². The van der Waals surface area contributed by atoms with Gasteiger partial charge < -0.3 is 19.5 Å². The average Bonchev–Trinajstić information content (AvgIpc) is 2.42. The van der Waals surface area contributed by atoms with Crippen LogP contribution in [0.4, 0.5) is 5.69 Å². The molecule has 0 atom stereocenters. The first-order valence-corrected chi connectivity index (χ1v) is 6.11. The Hall–Kier alpha value is -1.66. The summed E-state index contributed by atoms with van der Waals surface area (Å²) >= 11 is 0. The number of carboxylic acids is 1. The zero-order valence-corrected chi connectivity index (χ0v) is 11.3. The first-order valence-electron chi connectivity index (χ1n) is 6.11. The molecule has 0 aromatic carbocycles. The highest BCUT2D eigenvalue weighted by molar-refractivity contribution is 5.92. The summed E-state index contributed by atoms with van der Waals surface area (Å²) in [6.45, 7) is 2.47. The van der Waals surface area contributed by atoms with Gasteiger partial charge in [0.25, 0.3) is 0 Å². The summed E-state index contributed by atoms with van der Waals surface area (Å²) in [5, 5.41) is 9.17. The molecule has 0 unspecified atom stereocenters. The summed E-state index contributed by atoms with van der Waals surface area (Å²) in [6, 6.07) is 3.50. The minimum atomic E-state index is -1.02. The average molecular weight is 268 g/mol. The van der Waals surface area contributed by atoms with E-state index in [1.54, 1.807) is 26.4 Å². The molecule has 0 saturated carbocycles. The number of carbonyl (C=O) groups is 1. The molecular weight excluding hydrogens is 248 g/mol. The van der Waals surface area contributed by atoms with Crippen molar-refractivity contribution in [2.24, 2.45) is 0 Å². The Morgan fingerprint density at radius 2 is 2.05 bits per heavy atom. The van der Waals surface area contributed by atoms with E-state index in [2.05, 4.69) is 4.98 Å². The van der Waals surface area contributed by atoms with Gasteiger partial charge >= 0.3 is 5.97 Å². The number of hydrogen-bond donors (Lipinski definition) is 1. The van der Waals surface area contributed by atoms with Crippen molar-refractivity contribution >= 4 is 11.7 Å². The van der Waals surface area contributed by atoms with Crippen LogP contribution >= 0.6 is 0 Å². The maximum Gasteiger partial charge on any atom is 0.356 e. The Morgan fingerprint density at radius 1 is 1.32 bits per heavy atom. The predicted octanol–water partition coefficient (Wildman–Crippen LogP) is 1.27. The highest BCUT2D eigenvalue weighted by atomic mass is 16.5. The monoisotopic (exact) mass is 268 g/mol. The van der Waals surface area contributed by atoms with E-state index in [9.17, 15) is 4.79 Å². The van der Waals surface area contributed by atoms with E-state index in [1.807, 2.05) is 4.90 Å². The standard InChI is InChI=1S/C13H20N2O4/c1-18-9-4-7-15(8-10-19-2)11-5-3-6-14-12(11)13(16)17/h3,5-6H,4,7-10H2,1-2H3,(H,16,17). The molecule has 0 bridgehead atoms. The molecule has 0 spiro atoms. The topological polar surface area (TPSA) is 71.9 Å². The van der Waals surface area contributed by atoms with Crippen LogP contribution in [0.2, 0.25) is 0 Å². The minimum Gasteiger partial charge on any atom is -0.476 e. The highest BCUT2D eigenvalue weighted by Crippen LogP contribution is 2.18. The smallest absolute Gasteiger partial charge is 0.356 e. The number of nitrogens with zero attached hydrogens (tertiary/aromatic N) is 2. The lowest BCUT2D eigenvalue weighted by Gasteiger charge is -2.25. The molecule has 0 aliphatic rings. The van der Waals surface area contributed by atoms with Crippen LogP contribution in [0.1, 0.15) is 16.9 Å². The van der Waals surface area contributed by atoms with Crippen molar-refractivity contribution in [1.82, 2.24) is 4.98 Å². The lowest BCUT2D eigenvalue weighted by Crippen LogP contribution is -2.30. The number of ether oxygens (including phenoxy) is 2. The molecule has 1 heterocycles. The summed E-state index contributed by atoms with van der Waals surface area (Å²) in [5.74, 6) is -1.02. The van der Waals surface area contributed by atoms with Gasteiger partial charge in [0.2, 0.25) is 0 Å². The van der Waals surface area contributed by atoms with Gasteiger partial charge in [-0.1, -0.05) is 0 Å². The van der Waals surface area contributed by atoms with Crippen LogP contribution in [0.25, 0.3) is 0 Å². The van der Waals surface area contributed by atoms with Crippen LogP contribution in [0.15, 0.2) is 18.3 Å². The summed E-state index contributed by atoms with van der Waals surface area (Å²) in [6.07, 6.45) is 2.30. The highest BCUT2D eigenvalue weighted by Gasteiger charge is 2.16. The summed E-state index contributed by atoms with van der Waals surface area (Å²) < 4.78 is 10.1. The van der Waals surface area contributed by atoms with Gasteiger partial charge in [0.15, 0.2) is 5.69 Å². The second-order valence-electron chi connectivity index (χ2n) is 4.00. The van der Waals surface area contributed by atoms with Crippen molar-refractivity contribution in [2.45, 2.75) is 6.42 Å². The number of aromatic nitrogens is 1. The van der Waals surface area contributed by atoms with Crippen LogP contribution in [0.3, 0.4) is 0 Å². The Morgan fingerprint density at radius 3 is 2.68 bits per heavy atom. The Kier molecular flexibility index (Phi) is 6.84. The molecular formula is C13H20N2O4. The molecule has 1 rings (SSSR count). The lowest BCUT2D eigenvalue weighted by atomic mass is 10.2. The molecule has 0 aliphatic carbocycles. The van der Waals surface area contributed by atoms with Crippen molar-refractivity contribution in [3.05, 3.63) is 24.0 Å². The zero-order valence-electron chi connectivity index (χ0n) is 11.3. The van der Waals surface area contributed by atoms with Crippen molar-refractivity contribution in [3.63, 3.8) is 0 Å². The van der Waals surface area contributed by atoms with Gasteiger partial charge in [-0.3, -0.25) is 0 Å². The number of anilines is 1. The fourth-order valence-corrected chi connectivity index (χ4v) is 1.77.